The summed E-state index contributed by atoms with van der Waals surface area (Å²) in [6.07, 6.45) is 3.87. The number of nitrogens with zero attached hydrogens (tertiary/aromatic N) is 2. The molecule has 0 aliphatic heterocycles. The van der Waals surface area contributed by atoms with Crippen LogP contribution in [0, 0.1) is 24.0 Å². The molecule has 0 bridgehead atoms. The fraction of sp³-hybridized carbons (Fsp3) is 0.368. The molecule has 0 spiro atoms. The van der Waals surface area contributed by atoms with Crippen molar-refractivity contribution in [1.82, 2.24) is 4.98 Å². The number of nitrogens with one attached hydrogen (secondary N) is 1. The van der Waals surface area contributed by atoms with Crippen LogP contribution in [0.5, 0.6) is 0 Å². The second-order valence-electron chi connectivity index (χ2n) is 7.08. The molecule has 0 unspecified atom stereocenters. The van der Waals surface area contributed by atoms with Gasteiger partial charge in [-0.3, -0.25) is 19.9 Å². The normalized spacial score (nSPS) is 15.9. The number of hydrogen-bond acceptors (Lipinski definition) is 6. The average molecular weight is 403 g/mol. The smallest absolute Gasteiger partial charge is 0.310 e. The van der Waals surface area contributed by atoms with Gasteiger partial charge in [-0.1, -0.05) is 25.0 Å². The van der Waals surface area contributed by atoms with Gasteiger partial charge in [-0.05, 0) is 49.9 Å². The van der Waals surface area contributed by atoms with Gasteiger partial charge in [0.05, 0.1) is 9.82 Å². The molecule has 2 aromatic rings. The molecule has 1 heterocycles. The largest absolute Gasteiger partial charge is 0.319 e. The molecule has 1 saturated carbocycles. The van der Waals surface area contributed by atoms with Crippen molar-refractivity contribution in [1.29, 1.82) is 0 Å². The number of rotatable bonds is 5. The molecule has 1 amide bonds. The van der Waals surface area contributed by atoms with E-state index in [2.05, 4.69) is 10.3 Å². The highest BCUT2D eigenvalue weighted by molar-refractivity contribution is 7.93. The molecular weight excluding hydrogens is 382 g/mol. The predicted octanol–water partition coefficient (Wildman–Crippen LogP) is 3.33. The van der Waals surface area contributed by atoms with Crippen LogP contribution in [0.1, 0.15) is 36.8 Å². The van der Waals surface area contributed by atoms with E-state index in [-0.39, 0.29) is 29.1 Å². The number of pyridine rings is 1. The van der Waals surface area contributed by atoms with Crippen molar-refractivity contribution in [3.63, 3.8) is 0 Å². The Morgan fingerprint density at radius 2 is 1.89 bits per heavy atom. The van der Waals surface area contributed by atoms with E-state index in [1.165, 1.54) is 12.3 Å². The first-order chi connectivity index (χ1) is 13.2. The van der Waals surface area contributed by atoms with E-state index in [1.807, 2.05) is 6.07 Å². The first-order valence-corrected chi connectivity index (χ1v) is 10.4. The van der Waals surface area contributed by atoms with Crippen molar-refractivity contribution in [3.8, 4) is 0 Å². The van der Waals surface area contributed by atoms with Crippen molar-refractivity contribution < 1.29 is 18.1 Å². The van der Waals surface area contributed by atoms with Gasteiger partial charge in [0.25, 0.3) is 0 Å². The maximum Gasteiger partial charge on any atom is 0.310 e. The first-order valence-electron chi connectivity index (χ1n) is 8.91. The molecule has 0 radical (unpaired) electrons. The lowest BCUT2D eigenvalue weighted by Crippen LogP contribution is -2.47. The zero-order valence-electron chi connectivity index (χ0n) is 15.6. The van der Waals surface area contributed by atoms with E-state index in [4.69, 9.17) is 0 Å². The Labute approximate surface area is 163 Å². The molecule has 3 rings (SSSR count). The second-order valence-corrected chi connectivity index (χ2v) is 9.31. The number of anilines is 1. The number of nitro groups is 1. The molecule has 1 fully saturated rings. The average Bonchev–Trinajstić information content (AvgIpc) is 3.15. The van der Waals surface area contributed by atoms with Gasteiger partial charge in [0, 0.05) is 6.20 Å². The summed E-state index contributed by atoms with van der Waals surface area (Å²) in [5, 5.41) is 13.7. The summed E-state index contributed by atoms with van der Waals surface area (Å²) < 4.78 is 25.5. The number of aromatic nitrogens is 1. The number of amides is 1. The van der Waals surface area contributed by atoms with Crippen LogP contribution in [-0.4, -0.2) is 29.0 Å². The van der Waals surface area contributed by atoms with Gasteiger partial charge >= 0.3 is 5.69 Å². The van der Waals surface area contributed by atoms with E-state index in [0.717, 1.165) is 11.8 Å². The van der Waals surface area contributed by atoms with Crippen LogP contribution >= 0.6 is 0 Å². The quantitative estimate of drug-likeness (QED) is 0.604. The van der Waals surface area contributed by atoms with Gasteiger partial charge in [-0.25, -0.2) is 8.42 Å². The van der Waals surface area contributed by atoms with Gasteiger partial charge < -0.3 is 5.32 Å². The molecule has 1 N–H and O–H groups in total. The van der Waals surface area contributed by atoms with Crippen molar-refractivity contribution >= 4 is 27.1 Å². The van der Waals surface area contributed by atoms with Crippen LogP contribution in [0.15, 0.2) is 41.6 Å². The van der Waals surface area contributed by atoms with E-state index in [1.54, 1.807) is 26.0 Å². The Morgan fingerprint density at radius 3 is 2.54 bits per heavy atom. The minimum absolute atomic E-state index is 0.0626. The third-order valence-electron chi connectivity index (χ3n) is 5.22. The molecular formula is C19H21N3O5S. The van der Waals surface area contributed by atoms with E-state index in [9.17, 15) is 23.3 Å². The Kier molecular flexibility index (Phi) is 5.20. The Hall–Kier alpha value is -2.81. The SMILES string of the molecule is Cc1ccc(C)c(S(=O)(=O)C2(C(=O)Nc3ccncc3[N+](=O)[O-])CCCC2)c1. The molecule has 148 valence electrons. The summed E-state index contributed by atoms with van der Waals surface area (Å²) in [5.41, 5.74) is 0.905. The Morgan fingerprint density at radius 1 is 1.21 bits per heavy atom. The molecule has 1 aliphatic rings. The highest BCUT2D eigenvalue weighted by atomic mass is 32.2. The second kappa shape index (κ2) is 7.31. The topological polar surface area (TPSA) is 119 Å². The van der Waals surface area contributed by atoms with Gasteiger partial charge in [0.2, 0.25) is 5.91 Å². The molecule has 28 heavy (non-hydrogen) atoms. The fourth-order valence-electron chi connectivity index (χ4n) is 3.64. The molecule has 1 aromatic heterocycles. The van der Waals surface area contributed by atoms with Gasteiger partial charge in [-0.2, -0.15) is 0 Å². The lowest BCUT2D eigenvalue weighted by molar-refractivity contribution is -0.384. The zero-order chi connectivity index (χ0) is 20.5. The Bertz CT molecular complexity index is 1040. The van der Waals surface area contributed by atoms with Gasteiger partial charge in [0.15, 0.2) is 14.6 Å². The molecule has 9 heteroatoms. The van der Waals surface area contributed by atoms with Crippen molar-refractivity contribution in [2.24, 2.45) is 0 Å². The van der Waals surface area contributed by atoms with E-state index >= 15 is 0 Å². The monoisotopic (exact) mass is 403 g/mol. The predicted molar refractivity (Wildman–Crippen MR) is 104 cm³/mol. The highest BCUT2D eigenvalue weighted by Gasteiger charge is 2.53. The summed E-state index contributed by atoms with van der Waals surface area (Å²) >= 11 is 0. The summed E-state index contributed by atoms with van der Waals surface area (Å²) in [6, 6.07) is 6.41. The summed E-state index contributed by atoms with van der Waals surface area (Å²) in [4.78, 5) is 27.6. The summed E-state index contributed by atoms with van der Waals surface area (Å²) in [6.45, 7) is 3.49. The highest BCUT2D eigenvalue weighted by Crippen LogP contribution is 2.42. The fourth-order valence-corrected chi connectivity index (χ4v) is 6.02. The maximum atomic E-state index is 13.6. The van der Waals surface area contributed by atoms with Crippen LogP contribution in [-0.2, 0) is 14.6 Å². The van der Waals surface area contributed by atoms with Crippen LogP contribution in [0.4, 0.5) is 11.4 Å². The summed E-state index contributed by atoms with van der Waals surface area (Å²) in [7, 11) is -4.00. The van der Waals surface area contributed by atoms with Crippen molar-refractivity contribution in [2.75, 3.05) is 5.32 Å². The van der Waals surface area contributed by atoms with Crippen LogP contribution in [0.2, 0.25) is 0 Å². The molecule has 8 nitrogen and oxygen atoms in total. The molecule has 0 saturated heterocycles. The third kappa shape index (κ3) is 3.26. The number of carbonyl (C=O) groups is 1. The number of benzene rings is 1. The number of hydrogen-bond donors (Lipinski definition) is 1. The van der Waals surface area contributed by atoms with Crippen molar-refractivity contribution in [3.05, 3.63) is 57.9 Å². The number of aryl methyl sites for hydroxylation is 2. The number of carbonyl (C=O) groups excluding carboxylic acids is 1. The van der Waals surface area contributed by atoms with Gasteiger partial charge in [-0.15, -0.1) is 0 Å². The van der Waals surface area contributed by atoms with E-state index in [0.29, 0.717) is 18.4 Å². The maximum absolute atomic E-state index is 13.6. The molecule has 1 aromatic carbocycles. The van der Waals surface area contributed by atoms with Gasteiger partial charge in [0.1, 0.15) is 11.9 Å². The third-order valence-corrected chi connectivity index (χ3v) is 7.86. The van der Waals surface area contributed by atoms with E-state index < -0.39 is 25.4 Å². The Balaban J connectivity index is 2.07. The first kappa shape index (κ1) is 19.9. The van der Waals surface area contributed by atoms with Crippen molar-refractivity contribution in [2.45, 2.75) is 49.2 Å². The molecule has 1 aliphatic carbocycles. The van der Waals surface area contributed by atoms with Crippen LogP contribution in [0.25, 0.3) is 0 Å². The van der Waals surface area contributed by atoms with Crippen LogP contribution in [0.3, 0.4) is 0 Å². The lowest BCUT2D eigenvalue weighted by Gasteiger charge is -2.28. The van der Waals surface area contributed by atoms with Crippen LogP contribution < -0.4 is 5.32 Å². The lowest BCUT2D eigenvalue weighted by atomic mass is 10.1. The summed E-state index contributed by atoms with van der Waals surface area (Å²) in [5.74, 6) is -0.736. The minimum atomic E-state index is -4.00. The molecule has 0 atom stereocenters. The minimum Gasteiger partial charge on any atom is -0.319 e. The zero-order valence-corrected chi connectivity index (χ0v) is 16.5. The number of sulfone groups is 1. The standard InChI is InChI=1S/C19H21N3O5S/c1-13-5-6-14(2)17(11-13)28(26,27)19(8-3-4-9-19)18(23)21-15-7-10-20-12-16(15)22(24)25/h5-7,10-12H,3-4,8-9H2,1-2H3,(H,20,21,23).